The van der Waals surface area contributed by atoms with E-state index in [9.17, 15) is 9.90 Å². The normalized spacial score (nSPS) is 11.0. The first-order valence-electron chi connectivity index (χ1n) is 14.3. The summed E-state index contributed by atoms with van der Waals surface area (Å²) in [4.78, 5) is 15.7. The summed E-state index contributed by atoms with van der Waals surface area (Å²) in [6.07, 6.45) is 0. The molecule has 2 N–H and O–H groups in total. The van der Waals surface area contributed by atoms with Gasteiger partial charge in [-0.25, -0.2) is 0 Å². The van der Waals surface area contributed by atoms with Crippen LogP contribution in [0.5, 0.6) is 17.2 Å². The molecule has 6 aromatic rings. The number of hydrogen-bond acceptors (Lipinski definition) is 7. The van der Waals surface area contributed by atoms with Gasteiger partial charge >= 0.3 is 0 Å². The number of benzene rings is 6. The predicted octanol–water partition coefficient (Wildman–Crippen LogP) is 9.70. The Morgan fingerprint density at radius 1 is 0.711 bits per heavy atom. The van der Waals surface area contributed by atoms with E-state index in [0.717, 1.165) is 22.4 Å². The minimum Gasteiger partial charge on any atom is -0.505 e. The van der Waals surface area contributed by atoms with E-state index in [-0.39, 0.29) is 17.0 Å². The molecule has 0 heterocycles. The van der Waals surface area contributed by atoms with Gasteiger partial charge in [-0.1, -0.05) is 72.8 Å². The Morgan fingerprint density at radius 3 is 2.04 bits per heavy atom. The maximum absolute atomic E-state index is 13.6. The van der Waals surface area contributed by atoms with Crippen molar-refractivity contribution in [2.45, 2.75) is 0 Å². The van der Waals surface area contributed by atoms with Crippen LogP contribution in [0, 0.1) is 0 Å². The summed E-state index contributed by atoms with van der Waals surface area (Å²) in [5.41, 5.74) is 3.88. The number of aromatic hydroxyl groups is 1. The fraction of sp³-hybridized carbons (Fsp3) is 0.0541. The molecule has 0 saturated carbocycles. The first kappa shape index (κ1) is 28.9. The summed E-state index contributed by atoms with van der Waals surface area (Å²) in [5, 5.41) is 24.9. The van der Waals surface area contributed by atoms with E-state index in [1.807, 2.05) is 109 Å². The maximum Gasteiger partial charge on any atom is 0.259 e. The van der Waals surface area contributed by atoms with Crippen molar-refractivity contribution in [2.75, 3.05) is 24.4 Å². The fourth-order valence-electron chi connectivity index (χ4n) is 5.12. The van der Waals surface area contributed by atoms with Gasteiger partial charge in [0.25, 0.3) is 5.91 Å². The molecule has 0 aliphatic heterocycles. The zero-order valence-electron chi connectivity index (χ0n) is 24.7. The van der Waals surface area contributed by atoms with Crippen molar-refractivity contribution in [3.05, 3.63) is 139 Å². The Balaban J connectivity index is 1.43. The first-order valence-corrected chi connectivity index (χ1v) is 14.3. The molecule has 0 fully saturated rings. The average molecular weight is 595 g/mol. The Labute approximate surface area is 260 Å². The molecule has 6 aromatic carbocycles. The average Bonchev–Trinajstić information content (AvgIpc) is 3.09. The third-order valence-corrected chi connectivity index (χ3v) is 7.30. The second-order valence-electron chi connectivity index (χ2n) is 10.1. The lowest BCUT2D eigenvalue weighted by atomic mass is 10.0. The topological polar surface area (TPSA) is 95.8 Å². The van der Waals surface area contributed by atoms with Gasteiger partial charge in [-0.15, -0.1) is 10.2 Å². The molecule has 0 atom stereocenters. The number of para-hydroxylation sites is 3. The second kappa shape index (κ2) is 13.0. The van der Waals surface area contributed by atoms with Gasteiger partial charge in [0.15, 0.2) is 5.75 Å². The number of azo groups is 1. The van der Waals surface area contributed by atoms with E-state index >= 15 is 0 Å². The molecule has 0 saturated heterocycles. The van der Waals surface area contributed by atoms with E-state index in [1.165, 1.54) is 14.2 Å². The highest BCUT2D eigenvalue weighted by atomic mass is 16.5. The molecule has 0 bridgehead atoms. The summed E-state index contributed by atoms with van der Waals surface area (Å²) in [6, 6.07) is 41.8. The van der Waals surface area contributed by atoms with Crippen LogP contribution >= 0.6 is 0 Å². The van der Waals surface area contributed by atoms with Crippen LogP contribution in [0.15, 0.2) is 144 Å². The molecule has 0 aromatic heterocycles. The molecule has 1 amide bonds. The molecule has 0 spiro atoms. The summed E-state index contributed by atoms with van der Waals surface area (Å²) >= 11 is 0. The molecule has 45 heavy (non-hydrogen) atoms. The van der Waals surface area contributed by atoms with Crippen LogP contribution in [0.3, 0.4) is 0 Å². The van der Waals surface area contributed by atoms with Crippen LogP contribution in [0.25, 0.3) is 10.8 Å². The number of amides is 1. The van der Waals surface area contributed by atoms with E-state index in [1.54, 1.807) is 24.3 Å². The molecule has 8 nitrogen and oxygen atoms in total. The second-order valence-corrected chi connectivity index (χ2v) is 10.1. The maximum atomic E-state index is 13.6. The van der Waals surface area contributed by atoms with Crippen LogP contribution in [0.2, 0.25) is 0 Å². The number of fused-ring (bicyclic) bond motifs is 1. The minimum atomic E-state index is -0.541. The highest BCUT2D eigenvalue weighted by Gasteiger charge is 2.21. The summed E-state index contributed by atoms with van der Waals surface area (Å²) in [5.74, 6) is 0.155. The van der Waals surface area contributed by atoms with Gasteiger partial charge in [-0.3, -0.25) is 4.79 Å². The van der Waals surface area contributed by atoms with Crippen LogP contribution < -0.4 is 19.7 Å². The number of phenolic OH excluding ortho intramolecular Hbond substituents is 1. The molecular formula is C37H30N4O4. The van der Waals surface area contributed by atoms with E-state index < -0.39 is 5.91 Å². The Kier molecular flexibility index (Phi) is 8.37. The van der Waals surface area contributed by atoms with Crippen LogP contribution in [0.4, 0.5) is 34.1 Å². The summed E-state index contributed by atoms with van der Waals surface area (Å²) in [7, 11) is 3.05. The van der Waals surface area contributed by atoms with Gasteiger partial charge < -0.3 is 24.8 Å². The van der Waals surface area contributed by atoms with Gasteiger partial charge in [0, 0.05) is 22.8 Å². The van der Waals surface area contributed by atoms with Crippen molar-refractivity contribution < 1.29 is 19.4 Å². The van der Waals surface area contributed by atoms with Gasteiger partial charge in [0.2, 0.25) is 0 Å². The largest absolute Gasteiger partial charge is 0.505 e. The lowest BCUT2D eigenvalue weighted by molar-refractivity contribution is 0.102. The number of ether oxygens (including phenoxy) is 2. The van der Waals surface area contributed by atoms with Gasteiger partial charge in [0.1, 0.15) is 22.9 Å². The lowest BCUT2D eigenvalue weighted by Crippen LogP contribution is -2.13. The molecule has 222 valence electrons. The molecule has 0 aliphatic carbocycles. The standard InChI is InChI=1S/C37H30N4O4/c1-44-28-21-22-34(45-2)32(24-28)38-37(43)30-23-25-13-9-10-18-29(25)35(36(30)42)40-39-31-19-11-12-20-33(31)41(26-14-5-3-6-15-26)27-16-7-4-8-17-27/h3-24,42H,1-2H3,(H,38,43). The highest BCUT2D eigenvalue weighted by Crippen LogP contribution is 2.43. The number of hydrogen-bond donors (Lipinski definition) is 2. The quantitative estimate of drug-likeness (QED) is 0.163. The molecule has 6 rings (SSSR count). The van der Waals surface area contributed by atoms with Crippen LogP contribution in [-0.2, 0) is 0 Å². The van der Waals surface area contributed by atoms with Crippen LogP contribution in [0.1, 0.15) is 10.4 Å². The summed E-state index contributed by atoms with van der Waals surface area (Å²) < 4.78 is 10.7. The smallest absolute Gasteiger partial charge is 0.259 e. The molecule has 8 heteroatoms. The predicted molar refractivity (Wildman–Crippen MR) is 178 cm³/mol. The number of rotatable bonds is 9. The number of nitrogens with one attached hydrogen (secondary N) is 1. The van der Waals surface area contributed by atoms with Gasteiger partial charge in [0.05, 0.1) is 31.2 Å². The van der Waals surface area contributed by atoms with Crippen molar-refractivity contribution in [1.82, 2.24) is 0 Å². The zero-order chi connectivity index (χ0) is 31.2. The number of phenols is 1. The lowest BCUT2D eigenvalue weighted by Gasteiger charge is -2.26. The highest BCUT2D eigenvalue weighted by molar-refractivity contribution is 6.12. The summed E-state index contributed by atoms with van der Waals surface area (Å²) in [6.45, 7) is 0. The monoisotopic (exact) mass is 594 g/mol. The number of methoxy groups -OCH3 is 2. The Bertz CT molecular complexity index is 1960. The molecule has 0 unspecified atom stereocenters. The van der Waals surface area contributed by atoms with Gasteiger partial charge in [-0.2, -0.15) is 0 Å². The Hall–Kier alpha value is -6.15. The number of carbonyl (C=O) groups excluding carboxylic acids is 1. The molecule has 0 radical (unpaired) electrons. The van der Waals surface area contributed by atoms with Crippen molar-refractivity contribution in [2.24, 2.45) is 10.2 Å². The molecule has 0 aliphatic rings. The van der Waals surface area contributed by atoms with Crippen molar-refractivity contribution in [3.63, 3.8) is 0 Å². The molecular weight excluding hydrogens is 564 g/mol. The van der Waals surface area contributed by atoms with Crippen molar-refractivity contribution in [1.29, 1.82) is 0 Å². The number of carbonyl (C=O) groups is 1. The van der Waals surface area contributed by atoms with Crippen LogP contribution in [-0.4, -0.2) is 25.2 Å². The van der Waals surface area contributed by atoms with Crippen molar-refractivity contribution in [3.8, 4) is 17.2 Å². The van der Waals surface area contributed by atoms with Gasteiger partial charge in [-0.05, 0) is 60.0 Å². The SMILES string of the molecule is COc1ccc(OC)c(NC(=O)c2cc3ccccc3c(N=Nc3ccccc3N(c3ccccc3)c3ccccc3)c2O)c1. The van der Waals surface area contributed by atoms with Crippen molar-refractivity contribution >= 4 is 50.8 Å². The number of anilines is 4. The van der Waals surface area contributed by atoms with E-state index in [2.05, 4.69) is 20.4 Å². The minimum absolute atomic E-state index is 0.0380. The van der Waals surface area contributed by atoms with E-state index in [4.69, 9.17) is 9.47 Å². The number of nitrogens with zero attached hydrogens (tertiary/aromatic N) is 3. The zero-order valence-corrected chi connectivity index (χ0v) is 24.7. The van der Waals surface area contributed by atoms with E-state index in [0.29, 0.717) is 28.3 Å². The Morgan fingerprint density at radius 2 is 1.36 bits per heavy atom. The first-order chi connectivity index (χ1) is 22.1. The fourth-order valence-corrected chi connectivity index (χ4v) is 5.12. The third kappa shape index (κ3) is 6.03. The third-order valence-electron chi connectivity index (χ3n) is 7.30.